The third-order valence-corrected chi connectivity index (χ3v) is 1.49. The van der Waals surface area contributed by atoms with Crippen molar-refractivity contribution in [3.63, 3.8) is 0 Å². The SMILES string of the molecule is CCOC(=O)/C(N=O)=C(\O)CBr. The molecule has 0 saturated carbocycles. The highest BCUT2D eigenvalue weighted by Gasteiger charge is 2.16. The van der Waals surface area contributed by atoms with Crippen LogP contribution in [-0.4, -0.2) is 23.0 Å². The van der Waals surface area contributed by atoms with E-state index in [4.69, 9.17) is 5.11 Å². The van der Waals surface area contributed by atoms with Crippen molar-refractivity contribution in [1.82, 2.24) is 0 Å². The number of carbonyl (C=O) groups excluding carboxylic acids is 1. The summed E-state index contributed by atoms with van der Waals surface area (Å²) in [5.74, 6) is -1.34. The lowest BCUT2D eigenvalue weighted by Crippen LogP contribution is -2.08. The molecule has 0 rings (SSSR count). The van der Waals surface area contributed by atoms with Crippen LogP contribution in [0.1, 0.15) is 6.92 Å². The lowest BCUT2D eigenvalue weighted by molar-refractivity contribution is -0.138. The van der Waals surface area contributed by atoms with E-state index < -0.39 is 17.4 Å². The third-order valence-electron chi connectivity index (χ3n) is 0.960. The summed E-state index contributed by atoms with van der Waals surface area (Å²) < 4.78 is 4.45. The molecular formula is C6H8BrNO4. The number of ether oxygens (including phenoxy) is 1. The summed E-state index contributed by atoms with van der Waals surface area (Å²) in [4.78, 5) is 20.9. The lowest BCUT2D eigenvalue weighted by atomic mass is 10.4. The number of hydrogen-bond donors (Lipinski definition) is 1. The topological polar surface area (TPSA) is 76.0 Å². The van der Waals surface area contributed by atoms with Gasteiger partial charge in [-0.05, 0) is 12.1 Å². The fraction of sp³-hybridized carbons (Fsp3) is 0.500. The van der Waals surface area contributed by atoms with Crippen molar-refractivity contribution >= 4 is 21.9 Å². The van der Waals surface area contributed by atoms with Crippen molar-refractivity contribution in [1.29, 1.82) is 0 Å². The molecule has 0 radical (unpaired) electrons. The van der Waals surface area contributed by atoms with Crippen LogP contribution in [-0.2, 0) is 9.53 Å². The zero-order valence-electron chi connectivity index (χ0n) is 6.41. The molecule has 0 bridgehead atoms. The molecule has 0 aliphatic carbocycles. The van der Waals surface area contributed by atoms with E-state index in [0.717, 1.165) is 0 Å². The predicted octanol–water partition coefficient (Wildman–Crippen LogP) is 1.48. The third kappa shape index (κ3) is 3.00. The summed E-state index contributed by atoms with van der Waals surface area (Å²) in [6, 6.07) is 0. The van der Waals surface area contributed by atoms with Gasteiger partial charge in [-0.25, -0.2) is 4.79 Å². The van der Waals surface area contributed by atoms with E-state index in [-0.39, 0.29) is 11.9 Å². The van der Waals surface area contributed by atoms with Crippen LogP contribution in [0.4, 0.5) is 0 Å². The van der Waals surface area contributed by atoms with Gasteiger partial charge < -0.3 is 9.84 Å². The minimum Gasteiger partial charge on any atom is -0.509 e. The maximum absolute atomic E-state index is 10.8. The van der Waals surface area contributed by atoms with Gasteiger partial charge in [0.1, 0.15) is 5.76 Å². The lowest BCUT2D eigenvalue weighted by Gasteiger charge is -2.00. The first kappa shape index (κ1) is 11.1. The number of allylic oxidation sites excluding steroid dienone is 1. The van der Waals surface area contributed by atoms with E-state index in [0.29, 0.717) is 0 Å². The smallest absolute Gasteiger partial charge is 0.364 e. The first-order chi connectivity index (χ1) is 5.67. The Balaban J connectivity index is 4.55. The standard InChI is InChI=1S/C6H8BrNO4/c1-2-12-6(10)5(8-11)4(9)3-7/h9H,2-3H2,1H3/b5-4+. The first-order valence-electron chi connectivity index (χ1n) is 3.15. The van der Waals surface area contributed by atoms with Crippen LogP contribution in [0.3, 0.4) is 0 Å². The number of halogens is 1. The number of nitroso groups, excluding NO2 is 1. The summed E-state index contributed by atoms with van der Waals surface area (Å²) in [6.45, 7) is 1.72. The van der Waals surface area contributed by atoms with Gasteiger partial charge in [0.2, 0.25) is 5.70 Å². The fourth-order valence-corrected chi connectivity index (χ4v) is 0.736. The van der Waals surface area contributed by atoms with E-state index in [1.807, 2.05) is 0 Å². The molecule has 1 N–H and O–H groups in total. The molecule has 0 aromatic carbocycles. The molecule has 0 aromatic rings. The number of aliphatic hydroxyl groups is 1. The average molecular weight is 238 g/mol. The van der Waals surface area contributed by atoms with Gasteiger partial charge in [0.25, 0.3) is 0 Å². The summed E-state index contributed by atoms with van der Waals surface area (Å²) in [6.07, 6.45) is 0. The molecular weight excluding hydrogens is 230 g/mol. The Morgan fingerprint density at radius 3 is 2.58 bits per heavy atom. The zero-order chi connectivity index (χ0) is 9.56. The van der Waals surface area contributed by atoms with Crippen molar-refractivity contribution < 1.29 is 14.6 Å². The van der Waals surface area contributed by atoms with E-state index >= 15 is 0 Å². The van der Waals surface area contributed by atoms with Crippen LogP contribution in [0.2, 0.25) is 0 Å². The molecule has 0 spiro atoms. The van der Waals surface area contributed by atoms with Crippen molar-refractivity contribution in [3.05, 3.63) is 16.4 Å². The second-order valence-corrected chi connectivity index (χ2v) is 2.30. The van der Waals surface area contributed by atoms with Gasteiger partial charge in [-0.3, -0.25) is 0 Å². The summed E-state index contributed by atoms with van der Waals surface area (Å²) in [7, 11) is 0. The quantitative estimate of drug-likeness (QED) is 0.264. The number of hydrogen-bond acceptors (Lipinski definition) is 5. The van der Waals surface area contributed by atoms with Crippen molar-refractivity contribution in [2.45, 2.75) is 6.92 Å². The molecule has 0 aliphatic rings. The van der Waals surface area contributed by atoms with Gasteiger partial charge in [0.05, 0.1) is 11.9 Å². The molecule has 0 unspecified atom stereocenters. The van der Waals surface area contributed by atoms with Crippen LogP contribution in [0.5, 0.6) is 0 Å². The normalized spacial score (nSPS) is 11.8. The molecule has 6 heteroatoms. The molecule has 12 heavy (non-hydrogen) atoms. The number of rotatable bonds is 4. The van der Waals surface area contributed by atoms with E-state index in [2.05, 4.69) is 25.8 Å². The summed E-state index contributed by atoms with van der Waals surface area (Å²) >= 11 is 2.86. The second kappa shape index (κ2) is 5.70. The highest BCUT2D eigenvalue weighted by atomic mass is 79.9. The maximum Gasteiger partial charge on any atom is 0.364 e. The summed E-state index contributed by atoms with van der Waals surface area (Å²) in [5, 5.41) is 11.3. The Bertz CT molecular complexity index is 214. The Labute approximate surface area is 77.5 Å². The fourth-order valence-electron chi connectivity index (χ4n) is 0.471. The monoisotopic (exact) mass is 237 g/mol. The Morgan fingerprint density at radius 1 is 1.67 bits per heavy atom. The number of nitrogens with zero attached hydrogens (tertiary/aromatic N) is 1. The van der Waals surface area contributed by atoms with Crippen molar-refractivity contribution in [2.24, 2.45) is 5.18 Å². The van der Waals surface area contributed by atoms with Gasteiger partial charge in [0.15, 0.2) is 0 Å². The zero-order valence-corrected chi connectivity index (χ0v) is 8.00. The first-order valence-corrected chi connectivity index (χ1v) is 4.28. The van der Waals surface area contributed by atoms with Crippen LogP contribution < -0.4 is 0 Å². The number of aliphatic hydroxyl groups excluding tert-OH is 1. The van der Waals surface area contributed by atoms with E-state index in [1.165, 1.54) is 0 Å². The molecule has 0 amide bonds. The molecule has 0 fully saturated rings. The van der Waals surface area contributed by atoms with Gasteiger partial charge in [0, 0.05) is 0 Å². The van der Waals surface area contributed by atoms with Crippen LogP contribution in [0, 0.1) is 4.91 Å². The second-order valence-electron chi connectivity index (χ2n) is 1.74. The van der Waals surface area contributed by atoms with Gasteiger partial charge in [-0.2, -0.15) is 0 Å². The largest absolute Gasteiger partial charge is 0.509 e. The van der Waals surface area contributed by atoms with Crippen molar-refractivity contribution in [3.8, 4) is 0 Å². The highest BCUT2D eigenvalue weighted by Crippen LogP contribution is 2.07. The maximum atomic E-state index is 10.8. The molecule has 68 valence electrons. The Morgan fingerprint density at radius 2 is 2.25 bits per heavy atom. The number of esters is 1. The Kier molecular flexibility index (Phi) is 5.27. The Hall–Kier alpha value is -0.910. The van der Waals surface area contributed by atoms with Crippen LogP contribution >= 0.6 is 15.9 Å². The van der Waals surface area contributed by atoms with Gasteiger partial charge >= 0.3 is 5.97 Å². The van der Waals surface area contributed by atoms with E-state index in [1.54, 1.807) is 6.92 Å². The summed E-state index contributed by atoms with van der Waals surface area (Å²) in [5.41, 5.74) is -0.589. The van der Waals surface area contributed by atoms with Gasteiger partial charge in [-0.15, -0.1) is 4.91 Å². The molecule has 0 saturated heterocycles. The molecule has 0 heterocycles. The minimum atomic E-state index is -0.913. The molecule has 5 nitrogen and oxygen atoms in total. The van der Waals surface area contributed by atoms with Crippen LogP contribution in [0.15, 0.2) is 16.6 Å². The van der Waals surface area contributed by atoms with Gasteiger partial charge in [-0.1, -0.05) is 15.9 Å². The average Bonchev–Trinajstić information content (AvgIpc) is 2.06. The number of carbonyl (C=O) groups is 1. The van der Waals surface area contributed by atoms with E-state index in [9.17, 15) is 9.70 Å². The molecule has 0 aliphatic heterocycles. The van der Waals surface area contributed by atoms with Crippen LogP contribution in [0.25, 0.3) is 0 Å². The molecule has 0 atom stereocenters. The highest BCUT2D eigenvalue weighted by molar-refractivity contribution is 9.09. The minimum absolute atomic E-state index is 0.00706. The predicted molar refractivity (Wildman–Crippen MR) is 45.9 cm³/mol. The van der Waals surface area contributed by atoms with Crippen molar-refractivity contribution in [2.75, 3.05) is 11.9 Å². The number of alkyl halides is 1. The molecule has 0 aromatic heterocycles.